The third-order valence-electron chi connectivity index (χ3n) is 5.86. The second-order valence-electron chi connectivity index (χ2n) is 7.58. The maximum absolute atomic E-state index is 11.2. The fraction of sp³-hybridized carbons (Fsp3) is 0.565. The second-order valence-corrected chi connectivity index (χ2v) is 7.58. The highest BCUT2D eigenvalue weighted by atomic mass is 16.3. The molecular weight excluding hydrogens is 306 g/mol. The smallest absolute Gasteiger partial charge is 0.0948 e. The lowest BCUT2D eigenvalue weighted by atomic mass is 9.93. The summed E-state index contributed by atoms with van der Waals surface area (Å²) < 4.78 is 0. The molecule has 2 atom stereocenters. The minimum absolute atomic E-state index is 0.150. The number of benzene rings is 2. The summed E-state index contributed by atoms with van der Waals surface area (Å²) in [6, 6.07) is 11.2. The van der Waals surface area contributed by atoms with E-state index in [1.165, 1.54) is 47.6 Å². The van der Waals surface area contributed by atoms with Gasteiger partial charge in [0.2, 0.25) is 0 Å². The summed E-state index contributed by atoms with van der Waals surface area (Å²) in [6.07, 6.45) is 6.65. The third-order valence-corrected chi connectivity index (χ3v) is 5.86. The van der Waals surface area contributed by atoms with Gasteiger partial charge < -0.3 is 5.11 Å². The molecule has 1 aliphatic rings. The summed E-state index contributed by atoms with van der Waals surface area (Å²) in [5.74, 6) is 0. The van der Waals surface area contributed by atoms with Gasteiger partial charge in [-0.3, -0.25) is 4.90 Å². The molecule has 2 aromatic rings. The molecular formula is C23H33NO. The molecule has 0 aliphatic heterocycles. The SMILES string of the molecule is CCCCN(CCCC)[C@@H](C)[C@H](O)c1ccc2c3c(cccc13)CC2. The lowest BCUT2D eigenvalue weighted by molar-refractivity contribution is 0.0569. The molecule has 2 nitrogen and oxygen atoms in total. The van der Waals surface area contributed by atoms with Crippen LogP contribution in [0.25, 0.3) is 10.8 Å². The Bertz CT molecular complexity index is 690. The van der Waals surface area contributed by atoms with Crippen LogP contribution in [0, 0.1) is 0 Å². The van der Waals surface area contributed by atoms with Crippen molar-refractivity contribution in [1.82, 2.24) is 4.90 Å². The van der Waals surface area contributed by atoms with Crippen molar-refractivity contribution >= 4 is 10.8 Å². The van der Waals surface area contributed by atoms with Gasteiger partial charge in [-0.2, -0.15) is 0 Å². The summed E-state index contributed by atoms with van der Waals surface area (Å²) in [5.41, 5.74) is 4.00. The molecule has 1 N–H and O–H groups in total. The molecule has 136 valence electrons. The van der Waals surface area contributed by atoms with Gasteiger partial charge in [-0.25, -0.2) is 0 Å². The molecule has 2 heteroatoms. The van der Waals surface area contributed by atoms with E-state index < -0.39 is 6.10 Å². The van der Waals surface area contributed by atoms with Gasteiger partial charge in [0.25, 0.3) is 0 Å². The van der Waals surface area contributed by atoms with E-state index in [-0.39, 0.29) is 6.04 Å². The van der Waals surface area contributed by atoms with Crippen molar-refractivity contribution in [3.05, 3.63) is 47.0 Å². The second kappa shape index (κ2) is 8.33. The lowest BCUT2D eigenvalue weighted by Crippen LogP contribution is -2.39. The first-order chi connectivity index (χ1) is 12.2. The van der Waals surface area contributed by atoms with Crippen LogP contribution in [0.2, 0.25) is 0 Å². The lowest BCUT2D eigenvalue weighted by Gasteiger charge is -2.33. The Morgan fingerprint density at radius 1 is 0.960 bits per heavy atom. The Morgan fingerprint density at radius 3 is 2.24 bits per heavy atom. The van der Waals surface area contributed by atoms with Crippen molar-refractivity contribution < 1.29 is 5.11 Å². The number of aryl methyl sites for hydroxylation is 2. The summed E-state index contributed by atoms with van der Waals surface area (Å²) in [5, 5.41) is 13.9. The molecule has 25 heavy (non-hydrogen) atoms. The number of nitrogens with zero attached hydrogens (tertiary/aromatic N) is 1. The van der Waals surface area contributed by atoms with E-state index in [4.69, 9.17) is 0 Å². The van der Waals surface area contributed by atoms with Crippen molar-refractivity contribution in [2.24, 2.45) is 0 Å². The van der Waals surface area contributed by atoms with Crippen LogP contribution < -0.4 is 0 Å². The number of rotatable bonds is 9. The molecule has 2 aromatic carbocycles. The minimum Gasteiger partial charge on any atom is -0.387 e. The number of aliphatic hydroxyl groups is 1. The largest absolute Gasteiger partial charge is 0.387 e. The maximum atomic E-state index is 11.2. The number of hydrogen-bond donors (Lipinski definition) is 1. The molecule has 0 amide bonds. The van der Waals surface area contributed by atoms with Crippen LogP contribution in [0.4, 0.5) is 0 Å². The van der Waals surface area contributed by atoms with Crippen molar-refractivity contribution in [2.75, 3.05) is 13.1 Å². The highest BCUT2D eigenvalue weighted by Crippen LogP contribution is 2.36. The van der Waals surface area contributed by atoms with Crippen LogP contribution in [0.5, 0.6) is 0 Å². The fourth-order valence-electron chi connectivity index (χ4n) is 4.23. The van der Waals surface area contributed by atoms with Crippen LogP contribution in [0.15, 0.2) is 30.3 Å². The van der Waals surface area contributed by atoms with E-state index in [0.29, 0.717) is 0 Å². The van der Waals surface area contributed by atoms with Crippen LogP contribution in [0.3, 0.4) is 0 Å². The highest BCUT2D eigenvalue weighted by molar-refractivity contribution is 5.93. The molecule has 0 unspecified atom stereocenters. The van der Waals surface area contributed by atoms with Gasteiger partial charge in [-0.15, -0.1) is 0 Å². The summed E-state index contributed by atoms with van der Waals surface area (Å²) in [7, 11) is 0. The van der Waals surface area contributed by atoms with E-state index in [2.05, 4.69) is 56.0 Å². The Kier molecular flexibility index (Phi) is 6.14. The molecule has 1 aliphatic carbocycles. The summed E-state index contributed by atoms with van der Waals surface area (Å²) in [4.78, 5) is 2.49. The first-order valence-corrected chi connectivity index (χ1v) is 10.1. The van der Waals surface area contributed by atoms with E-state index in [1.54, 1.807) is 0 Å². The zero-order valence-corrected chi connectivity index (χ0v) is 16.1. The maximum Gasteiger partial charge on any atom is 0.0948 e. The van der Waals surface area contributed by atoms with Gasteiger partial charge in [-0.1, -0.05) is 57.0 Å². The van der Waals surface area contributed by atoms with Gasteiger partial charge in [0.15, 0.2) is 0 Å². The number of unbranched alkanes of at least 4 members (excludes halogenated alkanes) is 2. The molecule has 3 rings (SSSR count). The Labute approximate surface area is 152 Å². The van der Waals surface area contributed by atoms with E-state index in [9.17, 15) is 5.11 Å². The van der Waals surface area contributed by atoms with Crippen LogP contribution in [0.1, 0.15) is 69.2 Å². The van der Waals surface area contributed by atoms with Gasteiger partial charge in [0.1, 0.15) is 0 Å². The zero-order chi connectivity index (χ0) is 17.8. The first kappa shape index (κ1) is 18.4. The molecule has 0 saturated carbocycles. The van der Waals surface area contributed by atoms with Gasteiger partial charge >= 0.3 is 0 Å². The van der Waals surface area contributed by atoms with Gasteiger partial charge in [0, 0.05) is 6.04 Å². The zero-order valence-electron chi connectivity index (χ0n) is 16.1. The Hall–Kier alpha value is -1.38. The fourth-order valence-corrected chi connectivity index (χ4v) is 4.23. The normalized spacial score (nSPS) is 15.9. The van der Waals surface area contributed by atoms with E-state index in [1.807, 2.05) is 0 Å². The predicted octanol–water partition coefficient (Wildman–Crippen LogP) is 5.26. The van der Waals surface area contributed by atoms with E-state index >= 15 is 0 Å². The molecule has 0 spiro atoms. The average Bonchev–Trinajstić information content (AvgIpc) is 3.06. The van der Waals surface area contributed by atoms with E-state index in [0.717, 1.165) is 31.5 Å². The van der Waals surface area contributed by atoms with Crippen molar-refractivity contribution in [2.45, 2.75) is 71.4 Å². The van der Waals surface area contributed by atoms with Crippen molar-refractivity contribution in [3.63, 3.8) is 0 Å². The molecule has 0 aromatic heterocycles. The number of hydrogen-bond acceptors (Lipinski definition) is 2. The molecule has 0 saturated heterocycles. The molecule has 0 bridgehead atoms. The first-order valence-electron chi connectivity index (χ1n) is 10.1. The monoisotopic (exact) mass is 339 g/mol. The Morgan fingerprint density at radius 2 is 1.60 bits per heavy atom. The minimum atomic E-state index is -0.432. The molecule has 0 fully saturated rings. The quantitative estimate of drug-likeness (QED) is 0.673. The average molecular weight is 340 g/mol. The predicted molar refractivity (Wildman–Crippen MR) is 107 cm³/mol. The molecule has 0 radical (unpaired) electrons. The van der Waals surface area contributed by atoms with Gasteiger partial charge in [-0.05, 0) is 73.2 Å². The Balaban J connectivity index is 1.89. The number of aliphatic hydroxyl groups excluding tert-OH is 1. The highest BCUT2D eigenvalue weighted by Gasteiger charge is 2.25. The standard InChI is InChI=1S/C23H33NO/c1-4-6-15-24(16-7-5-2)17(3)23(25)21-14-13-19-12-11-18-9-8-10-20(21)22(18)19/h8-10,13-14,17,23,25H,4-7,11-12,15-16H2,1-3H3/t17-,23-/m0/s1. The van der Waals surface area contributed by atoms with Crippen LogP contribution in [-0.2, 0) is 12.8 Å². The van der Waals surface area contributed by atoms with Crippen molar-refractivity contribution in [1.29, 1.82) is 0 Å². The van der Waals surface area contributed by atoms with Crippen LogP contribution in [-0.4, -0.2) is 29.1 Å². The van der Waals surface area contributed by atoms with Crippen molar-refractivity contribution in [3.8, 4) is 0 Å². The topological polar surface area (TPSA) is 23.5 Å². The van der Waals surface area contributed by atoms with Crippen LogP contribution >= 0.6 is 0 Å². The van der Waals surface area contributed by atoms with Gasteiger partial charge in [0.05, 0.1) is 6.10 Å². The third kappa shape index (κ3) is 3.75. The summed E-state index contributed by atoms with van der Waals surface area (Å²) >= 11 is 0. The molecule has 0 heterocycles. The summed E-state index contributed by atoms with van der Waals surface area (Å²) in [6.45, 7) is 8.83.